The van der Waals surface area contributed by atoms with Crippen molar-refractivity contribution in [2.24, 2.45) is 0 Å². The number of nitrogens with one attached hydrogen (secondary N) is 1. The maximum absolute atomic E-state index is 12.5. The molecule has 0 saturated carbocycles. The number of carbonyl (C=O) groups excluding carboxylic acids is 2. The van der Waals surface area contributed by atoms with Gasteiger partial charge in [-0.1, -0.05) is 0 Å². The van der Waals surface area contributed by atoms with Crippen molar-refractivity contribution in [1.29, 1.82) is 0 Å². The summed E-state index contributed by atoms with van der Waals surface area (Å²) < 4.78 is 0. The van der Waals surface area contributed by atoms with Crippen LogP contribution in [0.15, 0.2) is 18.3 Å². The molecule has 2 amide bonds. The van der Waals surface area contributed by atoms with Gasteiger partial charge in [-0.25, -0.2) is 9.78 Å². The maximum Gasteiger partial charge on any atom is 0.328 e. The van der Waals surface area contributed by atoms with E-state index in [-0.39, 0.29) is 19.0 Å². The summed E-state index contributed by atoms with van der Waals surface area (Å²) in [6.07, 6.45) is 1.47. The second-order valence-corrected chi connectivity index (χ2v) is 4.89. The first-order chi connectivity index (χ1) is 9.90. The number of carboxylic acid groups (broad SMARTS) is 1. The van der Waals surface area contributed by atoms with Crippen molar-refractivity contribution in [2.45, 2.75) is 6.04 Å². The van der Waals surface area contributed by atoms with Gasteiger partial charge in [0.05, 0.1) is 0 Å². The van der Waals surface area contributed by atoms with Gasteiger partial charge in [0.2, 0.25) is 5.91 Å². The topological polar surface area (TPSA) is 103 Å². The van der Waals surface area contributed by atoms with Gasteiger partial charge < -0.3 is 20.2 Å². The standard InChI is InChI=1S/C13H16N4O4/c1-16(2)10-5-8(3-4-14-10)12(19)17-7-11(18)15-6-9(17)13(20)21/h3-5,9H,6-7H2,1-2H3,(H,15,18)(H,20,21). The summed E-state index contributed by atoms with van der Waals surface area (Å²) in [5.41, 5.74) is 0.301. The number of anilines is 1. The lowest BCUT2D eigenvalue weighted by atomic mass is 10.1. The molecule has 0 aromatic carbocycles. The molecule has 1 saturated heterocycles. The van der Waals surface area contributed by atoms with Gasteiger partial charge in [-0.05, 0) is 12.1 Å². The molecule has 1 fully saturated rings. The quantitative estimate of drug-likeness (QED) is 0.754. The Labute approximate surface area is 121 Å². The van der Waals surface area contributed by atoms with Crippen molar-refractivity contribution >= 4 is 23.6 Å². The van der Waals surface area contributed by atoms with Crippen molar-refractivity contribution in [2.75, 3.05) is 32.1 Å². The molecule has 2 N–H and O–H groups in total. The number of hydrogen-bond donors (Lipinski definition) is 2. The van der Waals surface area contributed by atoms with Crippen LogP contribution >= 0.6 is 0 Å². The highest BCUT2D eigenvalue weighted by molar-refractivity contribution is 6.00. The molecule has 1 aromatic heterocycles. The highest BCUT2D eigenvalue weighted by atomic mass is 16.4. The highest BCUT2D eigenvalue weighted by Gasteiger charge is 2.35. The van der Waals surface area contributed by atoms with Crippen LogP contribution in [0.1, 0.15) is 10.4 Å². The van der Waals surface area contributed by atoms with E-state index in [9.17, 15) is 14.4 Å². The van der Waals surface area contributed by atoms with Gasteiger partial charge in [0, 0.05) is 32.4 Å². The fourth-order valence-electron chi connectivity index (χ4n) is 2.04. The van der Waals surface area contributed by atoms with Crippen LogP contribution in [-0.2, 0) is 9.59 Å². The van der Waals surface area contributed by atoms with Crippen LogP contribution in [0.4, 0.5) is 5.82 Å². The Bertz CT molecular complexity index is 587. The number of carbonyl (C=O) groups is 3. The molecule has 1 atom stereocenters. The third-order valence-electron chi connectivity index (χ3n) is 3.18. The molecule has 8 nitrogen and oxygen atoms in total. The van der Waals surface area contributed by atoms with Gasteiger partial charge in [-0.2, -0.15) is 0 Å². The Balaban J connectivity index is 2.30. The number of amides is 2. The largest absolute Gasteiger partial charge is 0.480 e. The summed E-state index contributed by atoms with van der Waals surface area (Å²) in [4.78, 5) is 42.0. The minimum atomic E-state index is -1.15. The van der Waals surface area contributed by atoms with Gasteiger partial charge >= 0.3 is 5.97 Å². The van der Waals surface area contributed by atoms with E-state index >= 15 is 0 Å². The average molecular weight is 292 g/mol. The molecule has 1 aromatic rings. The zero-order valence-electron chi connectivity index (χ0n) is 11.7. The van der Waals surface area contributed by atoms with Crippen LogP contribution in [0.25, 0.3) is 0 Å². The van der Waals surface area contributed by atoms with E-state index in [2.05, 4.69) is 10.3 Å². The molecular weight excluding hydrogens is 276 g/mol. The van der Waals surface area contributed by atoms with Crippen LogP contribution in [0.3, 0.4) is 0 Å². The lowest BCUT2D eigenvalue weighted by molar-refractivity contribution is -0.144. The highest BCUT2D eigenvalue weighted by Crippen LogP contribution is 2.15. The first-order valence-corrected chi connectivity index (χ1v) is 6.34. The van der Waals surface area contributed by atoms with E-state index in [0.29, 0.717) is 11.4 Å². The second-order valence-electron chi connectivity index (χ2n) is 4.89. The van der Waals surface area contributed by atoms with Gasteiger partial charge in [-0.3, -0.25) is 9.59 Å². The monoisotopic (exact) mass is 292 g/mol. The molecule has 112 valence electrons. The summed E-state index contributed by atoms with van der Waals surface area (Å²) in [5.74, 6) is -1.44. The molecule has 2 heterocycles. The van der Waals surface area contributed by atoms with Crippen molar-refractivity contribution in [1.82, 2.24) is 15.2 Å². The van der Waals surface area contributed by atoms with E-state index in [1.54, 1.807) is 25.1 Å². The van der Waals surface area contributed by atoms with Crippen LogP contribution in [-0.4, -0.2) is 66.0 Å². The van der Waals surface area contributed by atoms with Crippen LogP contribution in [0.5, 0.6) is 0 Å². The number of piperazine rings is 1. The van der Waals surface area contributed by atoms with Crippen molar-refractivity contribution in [3.05, 3.63) is 23.9 Å². The van der Waals surface area contributed by atoms with E-state index < -0.39 is 17.9 Å². The number of carboxylic acids is 1. The Kier molecular flexibility index (Phi) is 4.06. The predicted octanol–water partition coefficient (Wildman–Crippen LogP) is -0.827. The number of hydrogen-bond acceptors (Lipinski definition) is 5. The minimum Gasteiger partial charge on any atom is -0.480 e. The number of aromatic nitrogens is 1. The lowest BCUT2D eigenvalue weighted by Crippen LogP contribution is -2.59. The summed E-state index contributed by atoms with van der Waals surface area (Å²) in [7, 11) is 3.57. The molecule has 0 spiro atoms. The number of pyridine rings is 1. The smallest absolute Gasteiger partial charge is 0.328 e. The van der Waals surface area contributed by atoms with Crippen LogP contribution in [0.2, 0.25) is 0 Å². The minimum absolute atomic E-state index is 0.0917. The molecule has 1 aliphatic heterocycles. The summed E-state index contributed by atoms with van der Waals surface area (Å²) in [6, 6.07) is 2.00. The van der Waals surface area contributed by atoms with Crippen LogP contribution in [0, 0.1) is 0 Å². The SMILES string of the molecule is CN(C)c1cc(C(=O)N2CC(=O)NCC2C(=O)O)ccn1. The first-order valence-electron chi connectivity index (χ1n) is 6.34. The fraction of sp³-hybridized carbons (Fsp3) is 0.385. The predicted molar refractivity (Wildman–Crippen MR) is 74.0 cm³/mol. The second kappa shape index (κ2) is 5.78. The summed E-state index contributed by atoms with van der Waals surface area (Å²) in [6.45, 7) is -0.360. The van der Waals surface area contributed by atoms with Crippen molar-refractivity contribution in [3.63, 3.8) is 0 Å². The number of rotatable bonds is 3. The van der Waals surface area contributed by atoms with Gasteiger partial charge in [0.15, 0.2) is 0 Å². The molecule has 1 aliphatic rings. The van der Waals surface area contributed by atoms with E-state index in [0.717, 1.165) is 4.90 Å². The van der Waals surface area contributed by atoms with Gasteiger partial charge in [-0.15, -0.1) is 0 Å². The van der Waals surface area contributed by atoms with E-state index in [1.807, 2.05) is 0 Å². The molecule has 0 aliphatic carbocycles. The molecule has 0 bridgehead atoms. The molecule has 0 radical (unpaired) electrons. The molecular formula is C13H16N4O4. The Morgan fingerprint density at radius 1 is 1.48 bits per heavy atom. The maximum atomic E-state index is 12.5. The molecule has 2 rings (SSSR count). The Morgan fingerprint density at radius 2 is 2.19 bits per heavy atom. The van der Waals surface area contributed by atoms with Gasteiger partial charge in [0.1, 0.15) is 18.4 Å². The fourth-order valence-corrected chi connectivity index (χ4v) is 2.04. The molecule has 1 unspecified atom stereocenters. The number of nitrogens with zero attached hydrogens (tertiary/aromatic N) is 3. The third-order valence-corrected chi connectivity index (χ3v) is 3.18. The van der Waals surface area contributed by atoms with Gasteiger partial charge in [0.25, 0.3) is 5.91 Å². The molecule has 8 heteroatoms. The summed E-state index contributed by atoms with van der Waals surface area (Å²) >= 11 is 0. The zero-order chi connectivity index (χ0) is 15.6. The van der Waals surface area contributed by atoms with Crippen LogP contribution < -0.4 is 10.2 Å². The van der Waals surface area contributed by atoms with Crippen molar-refractivity contribution < 1.29 is 19.5 Å². The summed E-state index contributed by atoms with van der Waals surface area (Å²) in [5, 5.41) is 11.6. The first kappa shape index (κ1) is 14.8. The normalized spacial score (nSPS) is 18.1. The van der Waals surface area contributed by atoms with Crippen molar-refractivity contribution in [3.8, 4) is 0 Å². The lowest BCUT2D eigenvalue weighted by Gasteiger charge is -2.32. The van der Waals surface area contributed by atoms with E-state index in [1.165, 1.54) is 12.3 Å². The third kappa shape index (κ3) is 3.10. The Hall–Kier alpha value is -2.64. The zero-order valence-corrected chi connectivity index (χ0v) is 11.7. The average Bonchev–Trinajstić information content (AvgIpc) is 2.46. The molecule has 21 heavy (non-hydrogen) atoms. The van der Waals surface area contributed by atoms with E-state index in [4.69, 9.17) is 5.11 Å². The number of aliphatic carboxylic acids is 1. The Morgan fingerprint density at radius 3 is 2.81 bits per heavy atom.